The third kappa shape index (κ3) is 5.10. The van der Waals surface area contributed by atoms with Crippen molar-refractivity contribution in [3.05, 3.63) is 76.6 Å². The van der Waals surface area contributed by atoms with Crippen molar-refractivity contribution >= 4 is 21.6 Å². The van der Waals surface area contributed by atoms with Crippen molar-refractivity contribution in [2.75, 3.05) is 27.3 Å². The number of aromatic amines is 1. The summed E-state index contributed by atoms with van der Waals surface area (Å²) >= 11 is 1.42. The number of aromatic nitrogens is 2. The van der Waals surface area contributed by atoms with E-state index in [0.29, 0.717) is 41.5 Å². The number of hydrogen-bond acceptors (Lipinski definition) is 6. The zero-order valence-corrected chi connectivity index (χ0v) is 18.0. The first kappa shape index (κ1) is 21.0. The highest BCUT2D eigenvalue weighted by molar-refractivity contribution is 7.22. The summed E-state index contributed by atoms with van der Waals surface area (Å²) in [5, 5.41) is 0. The maximum atomic E-state index is 13.2. The number of H-pyrrole nitrogens is 1. The Kier molecular flexibility index (Phi) is 6.29. The molecule has 0 amide bonds. The Balaban J connectivity index is 1.43. The molecule has 8 heteroatoms. The van der Waals surface area contributed by atoms with Gasteiger partial charge in [-0.15, -0.1) is 11.3 Å². The molecule has 4 aromatic rings. The Hall–Kier alpha value is -3.23. The number of nitrogens with zero attached hydrogens (tertiary/aromatic N) is 2. The van der Waals surface area contributed by atoms with Gasteiger partial charge in [0, 0.05) is 17.5 Å². The summed E-state index contributed by atoms with van der Waals surface area (Å²) in [7, 11) is 3.54. The molecule has 31 heavy (non-hydrogen) atoms. The standard InChI is InChI=1S/C23H22FN3O3S/c1-27(10-11-30-18-5-3-4-16(24)12-18)14-21-25-19-13-20(31-22(19)23(28)26-21)15-6-8-17(29-2)9-7-15/h3-9,12-13H,10-11,14H2,1-2H3,(H,25,26,28). The highest BCUT2D eigenvalue weighted by atomic mass is 32.1. The minimum atomic E-state index is -0.328. The van der Waals surface area contributed by atoms with Gasteiger partial charge in [-0.3, -0.25) is 9.69 Å². The minimum Gasteiger partial charge on any atom is -0.497 e. The predicted octanol–water partition coefficient (Wildman–Crippen LogP) is 4.31. The van der Waals surface area contributed by atoms with E-state index in [0.717, 1.165) is 16.2 Å². The monoisotopic (exact) mass is 439 g/mol. The molecule has 2 aromatic heterocycles. The molecule has 0 unspecified atom stereocenters. The average Bonchev–Trinajstić information content (AvgIpc) is 3.19. The number of nitrogens with one attached hydrogen (secondary N) is 1. The van der Waals surface area contributed by atoms with Crippen molar-refractivity contribution in [1.82, 2.24) is 14.9 Å². The molecule has 0 aliphatic heterocycles. The first-order valence-corrected chi connectivity index (χ1v) is 10.6. The minimum absolute atomic E-state index is 0.144. The lowest BCUT2D eigenvalue weighted by atomic mass is 10.2. The highest BCUT2D eigenvalue weighted by Gasteiger charge is 2.12. The molecule has 0 saturated carbocycles. The van der Waals surface area contributed by atoms with E-state index < -0.39 is 0 Å². The van der Waals surface area contributed by atoms with E-state index in [1.165, 1.54) is 23.5 Å². The van der Waals surface area contributed by atoms with E-state index in [-0.39, 0.29) is 11.4 Å². The first-order valence-electron chi connectivity index (χ1n) is 9.76. The fourth-order valence-electron chi connectivity index (χ4n) is 3.17. The zero-order chi connectivity index (χ0) is 21.8. The quantitative estimate of drug-likeness (QED) is 0.443. The van der Waals surface area contributed by atoms with Gasteiger partial charge in [0.2, 0.25) is 0 Å². The van der Waals surface area contributed by atoms with E-state index in [1.54, 1.807) is 19.2 Å². The third-order valence-corrected chi connectivity index (χ3v) is 5.94. The summed E-state index contributed by atoms with van der Waals surface area (Å²) in [4.78, 5) is 23.0. The summed E-state index contributed by atoms with van der Waals surface area (Å²) < 4.78 is 24.6. The second kappa shape index (κ2) is 9.28. The molecule has 0 spiro atoms. The molecular formula is C23H22FN3O3S. The van der Waals surface area contributed by atoms with Gasteiger partial charge in [0.1, 0.15) is 34.4 Å². The fraction of sp³-hybridized carbons (Fsp3) is 0.217. The highest BCUT2D eigenvalue weighted by Crippen LogP contribution is 2.31. The predicted molar refractivity (Wildman–Crippen MR) is 120 cm³/mol. The van der Waals surface area contributed by atoms with Crippen LogP contribution in [0.1, 0.15) is 5.82 Å². The topological polar surface area (TPSA) is 67.5 Å². The van der Waals surface area contributed by atoms with Crippen LogP contribution in [0.4, 0.5) is 4.39 Å². The van der Waals surface area contributed by atoms with Crippen molar-refractivity contribution in [2.24, 2.45) is 0 Å². The van der Waals surface area contributed by atoms with Gasteiger partial charge in [0.15, 0.2) is 0 Å². The molecule has 0 atom stereocenters. The van der Waals surface area contributed by atoms with Crippen LogP contribution in [0.3, 0.4) is 0 Å². The van der Waals surface area contributed by atoms with Gasteiger partial charge in [-0.1, -0.05) is 6.07 Å². The van der Waals surface area contributed by atoms with Gasteiger partial charge in [-0.2, -0.15) is 0 Å². The van der Waals surface area contributed by atoms with Crippen LogP contribution in [0.5, 0.6) is 11.5 Å². The van der Waals surface area contributed by atoms with Gasteiger partial charge in [-0.25, -0.2) is 9.37 Å². The van der Waals surface area contributed by atoms with Crippen molar-refractivity contribution < 1.29 is 13.9 Å². The molecule has 2 heterocycles. The molecule has 0 bridgehead atoms. The zero-order valence-electron chi connectivity index (χ0n) is 17.2. The van der Waals surface area contributed by atoms with Crippen molar-refractivity contribution in [2.45, 2.75) is 6.54 Å². The number of benzene rings is 2. The van der Waals surface area contributed by atoms with Gasteiger partial charge in [0.25, 0.3) is 5.56 Å². The Morgan fingerprint density at radius 2 is 1.94 bits per heavy atom. The van der Waals surface area contributed by atoms with E-state index in [9.17, 15) is 9.18 Å². The van der Waals surface area contributed by atoms with Crippen LogP contribution in [0.2, 0.25) is 0 Å². The molecule has 6 nitrogen and oxygen atoms in total. The first-order chi connectivity index (χ1) is 15.0. The molecule has 2 aromatic carbocycles. The van der Waals surface area contributed by atoms with Crippen LogP contribution in [0.25, 0.3) is 20.7 Å². The number of fused-ring (bicyclic) bond motifs is 1. The molecule has 160 valence electrons. The van der Waals surface area contributed by atoms with Crippen LogP contribution in [-0.4, -0.2) is 42.2 Å². The van der Waals surface area contributed by atoms with Gasteiger partial charge in [-0.05, 0) is 55.1 Å². The summed E-state index contributed by atoms with van der Waals surface area (Å²) in [6.07, 6.45) is 0. The fourth-order valence-corrected chi connectivity index (χ4v) is 4.17. The molecule has 1 N–H and O–H groups in total. The number of thiophene rings is 1. The normalized spacial score (nSPS) is 11.2. The second-order valence-electron chi connectivity index (χ2n) is 7.11. The Morgan fingerprint density at radius 1 is 1.13 bits per heavy atom. The SMILES string of the molecule is COc1ccc(-c2cc3nc(CN(C)CCOc4cccc(F)c4)[nH]c(=O)c3s2)cc1. The maximum absolute atomic E-state index is 13.2. The molecule has 0 aliphatic rings. The molecule has 0 fully saturated rings. The lowest BCUT2D eigenvalue weighted by Crippen LogP contribution is -2.26. The van der Waals surface area contributed by atoms with Crippen LogP contribution < -0.4 is 15.0 Å². The third-order valence-electron chi connectivity index (χ3n) is 4.76. The largest absolute Gasteiger partial charge is 0.497 e. The van der Waals surface area contributed by atoms with Crippen molar-refractivity contribution in [3.8, 4) is 21.9 Å². The number of hydrogen-bond donors (Lipinski definition) is 1. The van der Waals surface area contributed by atoms with Gasteiger partial charge < -0.3 is 14.5 Å². The number of halogens is 1. The van der Waals surface area contributed by atoms with Crippen LogP contribution >= 0.6 is 11.3 Å². The number of likely N-dealkylation sites (N-methyl/N-ethyl adjacent to an activating group) is 1. The summed E-state index contributed by atoms with van der Waals surface area (Å²) in [6, 6.07) is 15.7. The maximum Gasteiger partial charge on any atom is 0.268 e. The molecule has 4 rings (SSSR count). The van der Waals surface area contributed by atoms with Crippen molar-refractivity contribution in [3.63, 3.8) is 0 Å². The molecule has 0 radical (unpaired) electrons. The van der Waals surface area contributed by atoms with E-state index in [1.807, 2.05) is 42.3 Å². The summed E-state index contributed by atoms with van der Waals surface area (Å²) in [5.41, 5.74) is 1.55. The van der Waals surface area contributed by atoms with Crippen LogP contribution in [0, 0.1) is 5.82 Å². The number of ether oxygens (including phenoxy) is 2. The summed E-state index contributed by atoms with van der Waals surface area (Å²) in [6.45, 7) is 1.46. The Bertz CT molecular complexity index is 1240. The average molecular weight is 440 g/mol. The lowest BCUT2D eigenvalue weighted by Gasteiger charge is -2.16. The van der Waals surface area contributed by atoms with Crippen LogP contribution in [0.15, 0.2) is 59.4 Å². The Morgan fingerprint density at radius 3 is 2.68 bits per heavy atom. The number of rotatable bonds is 8. The van der Waals surface area contributed by atoms with E-state index in [2.05, 4.69) is 9.97 Å². The van der Waals surface area contributed by atoms with Crippen LogP contribution in [-0.2, 0) is 6.54 Å². The molecule has 0 aliphatic carbocycles. The number of methoxy groups -OCH3 is 1. The van der Waals surface area contributed by atoms with E-state index >= 15 is 0 Å². The summed E-state index contributed by atoms with van der Waals surface area (Å²) in [5.74, 6) is 1.54. The van der Waals surface area contributed by atoms with Gasteiger partial charge in [0.05, 0.1) is 19.2 Å². The molecule has 0 saturated heterocycles. The van der Waals surface area contributed by atoms with Crippen molar-refractivity contribution in [1.29, 1.82) is 0 Å². The van der Waals surface area contributed by atoms with Gasteiger partial charge >= 0.3 is 0 Å². The van der Waals surface area contributed by atoms with E-state index in [4.69, 9.17) is 9.47 Å². The second-order valence-corrected chi connectivity index (χ2v) is 8.16. The smallest absolute Gasteiger partial charge is 0.268 e. The lowest BCUT2D eigenvalue weighted by molar-refractivity contribution is 0.229. The Labute approximate surface area is 182 Å². The molecular weight excluding hydrogens is 417 g/mol.